The Bertz CT molecular complexity index is 1240. The first-order valence-corrected chi connectivity index (χ1v) is 14.9. The molecule has 0 radical (unpaired) electrons. The summed E-state index contributed by atoms with van der Waals surface area (Å²) in [6.07, 6.45) is 3.17. The number of carbonyl (C=O) groups is 2. The summed E-state index contributed by atoms with van der Waals surface area (Å²) in [7, 11) is 0. The van der Waals surface area contributed by atoms with Crippen LogP contribution in [0.25, 0.3) is 0 Å². The molecule has 1 fully saturated rings. The van der Waals surface area contributed by atoms with E-state index in [4.69, 9.17) is 0 Å². The van der Waals surface area contributed by atoms with E-state index in [0.29, 0.717) is 26.1 Å². The highest BCUT2D eigenvalue weighted by Crippen LogP contribution is 2.39. The van der Waals surface area contributed by atoms with E-state index >= 15 is 0 Å². The van der Waals surface area contributed by atoms with Crippen LogP contribution in [0, 0.1) is 6.92 Å². The van der Waals surface area contributed by atoms with Gasteiger partial charge in [0, 0.05) is 50.6 Å². The summed E-state index contributed by atoms with van der Waals surface area (Å²) >= 11 is 1.85. The van der Waals surface area contributed by atoms with Gasteiger partial charge >= 0.3 is 0 Å². The van der Waals surface area contributed by atoms with Crippen LogP contribution in [0.1, 0.15) is 65.3 Å². The number of carbonyl (C=O) groups excluding carboxylic acids is 2. The van der Waals surface area contributed by atoms with Gasteiger partial charge in [-0.25, -0.2) is 0 Å². The number of nitrogens with zero attached hydrogens (tertiary/aromatic N) is 3. The van der Waals surface area contributed by atoms with Crippen LogP contribution in [-0.4, -0.2) is 65.8 Å². The average Bonchev–Trinajstić information content (AvgIpc) is 3.28. The Balaban J connectivity index is 1.21. The molecule has 2 aliphatic heterocycles. The first kappa shape index (κ1) is 26.6. The van der Waals surface area contributed by atoms with Gasteiger partial charge in [-0.1, -0.05) is 61.5 Å². The van der Waals surface area contributed by atoms with E-state index in [-0.39, 0.29) is 23.8 Å². The SMILES string of the molecule is CC[C@H](C(=O)N1CCCN(C(=O)CCN2CCc3sccc3[C@@H]2c2ccccc2C)CC1)c1ccccc1. The Morgan fingerprint density at radius 2 is 1.63 bits per heavy atom. The van der Waals surface area contributed by atoms with Crippen LogP contribution in [0.3, 0.4) is 0 Å². The summed E-state index contributed by atoms with van der Waals surface area (Å²) in [6.45, 7) is 8.65. The highest BCUT2D eigenvalue weighted by atomic mass is 32.1. The molecule has 200 valence electrons. The molecule has 6 heteroatoms. The summed E-state index contributed by atoms with van der Waals surface area (Å²) in [4.78, 5) is 34.7. The van der Waals surface area contributed by atoms with Crippen molar-refractivity contribution in [1.82, 2.24) is 14.7 Å². The first-order chi connectivity index (χ1) is 18.6. The summed E-state index contributed by atoms with van der Waals surface area (Å²) in [5.74, 6) is 0.279. The van der Waals surface area contributed by atoms with Gasteiger partial charge in [0.05, 0.1) is 12.0 Å². The molecule has 0 N–H and O–H groups in total. The zero-order valence-corrected chi connectivity index (χ0v) is 23.5. The summed E-state index contributed by atoms with van der Waals surface area (Å²) in [5.41, 5.74) is 5.12. The van der Waals surface area contributed by atoms with E-state index in [2.05, 4.69) is 54.5 Å². The van der Waals surface area contributed by atoms with Crippen LogP contribution >= 0.6 is 11.3 Å². The van der Waals surface area contributed by atoms with Crippen LogP contribution in [0.5, 0.6) is 0 Å². The maximum absolute atomic E-state index is 13.4. The third-order valence-electron chi connectivity index (χ3n) is 8.23. The number of aryl methyl sites for hydroxylation is 1. The molecular formula is C32H39N3O2S. The van der Waals surface area contributed by atoms with Gasteiger partial charge in [0.1, 0.15) is 0 Å². The maximum atomic E-state index is 13.4. The normalized spacial score (nSPS) is 19.1. The molecule has 0 bridgehead atoms. The third-order valence-corrected chi connectivity index (χ3v) is 9.23. The first-order valence-electron chi connectivity index (χ1n) is 14.0. The lowest BCUT2D eigenvalue weighted by Gasteiger charge is -2.37. The van der Waals surface area contributed by atoms with Crippen molar-refractivity contribution in [2.75, 3.05) is 39.3 Å². The van der Waals surface area contributed by atoms with Crippen molar-refractivity contribution >= 4 is 23.2 Å². The zero-order valence-electron chi connectivity index (χ0n) is 22.6. The summed E-state index contributed by atoms with van der Waals surface area (Å²) in [6, 6.07) is 21.2. The average molecular weight is 530 g/mol. The molecule has 2 atom stereocenters. The molecule has 3 aromatic rings. The van der Waals surface area contributed by atoms with Gasteiger partial charge < -0.3 is 9.80 Å². The largest absolute Gasteiger partial charge is 0.341 e. The van der Waals surface area contributed by atoms with Crippen LogP contribution < -0.4 is 0 Å². The molecule has 0 spiro atoms. The molecule has 38 heavy (non-hydrogen) atoms. The molecule has 2 aliphatic rings. The lowest BCUT2D eigenvalue weighted by molar-refractivity contribution is -0.134. The van der Waals surface area contributed by atoms with Crippen molar-refractivity contribution in [1.29, 1.82) is 0 Å². The summed E-state index contributed by atoms with van der Waals surface area (Å²) in [5, 5.41) is 2.20. The Hall–Kier alpha value is -2.96. The van der Waals surface area contributed by atoms with Crippen LogP contribution in [0.4, 0.5) is 0 Å². The Labute approximate surface area is 231 Å². The fourth-order valence-electron chi connectivity index (χ4n) is 6.11. The highest BCUT2D eigenvalue weighted by molar-refractivity contribution is 7.10. The van der Waals surface area contributed by atoms with Crippen molar-refractivity contribution in [2.24, 2.45) is 0 Å². The van der Waals surface area contributed by atoms with E-state index in [1.54, 1.807) is 0 Å². The fraction of sp³-hybridized carbons (Fsp3) is 0.438. The van der Waals surface area contributed by atoms with Gasteiger partial charge in [0.2, 0.25) is 11.8 Å². The number of amides is 2. The summed E-state index contributed by atoms with van der Waals surface area (Å²) < 4.78 is 0. The predicted octanol–water partition coefficient (Wildman–Crippen LogP) is 5.65. The van der Waals surface area contributed by atoms with Crippen molar-refractivity contribution < 1.29 is 9.59 Å². The molecule has 3 heterocycles. The molecule has 5 rings (SSSR count). The minimum atomic E-state index is -0.113. The molecule has 0 unspecified atom stereocenters. The standard InChI is InChI=1S/C32H39N3O2S/c1-3-26(25-11-5-4-6-12-25)32(37)35-18-9-17-33(21-22-35)30(36)15-20-34-19-14-29-28(16-23-38-29)31(34)27-13-8-7-10-24(27)2/h4-8,10-13,16,23,26,31H,3,9,14-15,17-22H2,1-2H3/t26-,31-/m0/s1. The second-order valence-electron chi connectivity index (χ2n) is 10.5. The molecular weight excluding hydrogens is 490 g/mol. The van der Waals surface area contributed by atoms with Crippen molar-refractivity contribution in [3.63, 3.8) is 0 Å². The molecule has 5 nitrogen and oxygen atoms in total. The van der Waals surface area contributed by atoms with E-state index in [1.165, 1.54) is 21.6 Å². The number of benzene rings is 2. The minimum Gasteiger partial charge on any atom is -0.341 e. The van der Waals surface area contributed by atoms with Gasteiger partial charge in [-0.05, 0) is 59.9 Å². The predicted molar refractivity (Wildman–Crippen MR) is 154 cm³/mol. The van der Waals surface area contributed by atoms with Crippen LogP contribution in [-0.2, 0) is 16.0 Å². The molecule has 2 amide bonds. The quantitative estimate of drug-likeness (QED) is 0.397. The van der Waals surface area contributed by atoms with Crippen molar-refractivity contribution in [2.45, 2.75) is 51.5 Å². The smallest absolute Gasteiger partial charge is 0.230 e. The number of rotatable bonds is 7. The minimum absolute atomic E-state index is 0.113. The van der Waals surface area contributed by atoms with Gasteiger partial charge in [-0.2, -0.15) is 0 Å². The maximum Gasteiger partial charge on any atom is 0.230 e. The van der Waals surface area contributed by atoms with Gasteiger partial charge in [-0.15, -0.1) is 11.3 Å². The number of hydrogen-bond donors (Lipinski definition) is 0. The van der Waals surface area contributed by atoms with E-state index in [9.17, 15) is 9.59 Å². The van der Waals surface area contributed by atoms with Gasteiger partial charge in [0.25, 0.3) is 0 Å². The molecule has 0 saturated carbocycles. The van der Waals surface area contributed by atoms with Crippen LogP contribution in [0.2, 0.25) is 0 Å². The number of fused-ring (bicyclic) bond motifs is 1. The molecule has 0 aliphatic carbocycles. The lowest BCUT2D eigenvalue weighted by Crippen LogP contribution is -2.41. The van der Waals surface area contributed by atoms with Gasteiger partial charge in [-0.3, -0.25) is 14.5 Å². The monoisotopic (exact) mass is 529 g/mol. The second kappa shape index (κ2) is 12.3. The Kier molecular flexibility index (Phi) is 8.60. The Morgan fingerprint density at radius 3 is 2.42 bits per heavy atom. The Morgan fingerprint density at radius 1 is 0.895 bits per heavy atom. The van der Waals surface area contributed by atoms with Gasteiger partial charge in [0.15, 0.2) is 0 Å². The highest BCUT2D eigenvalue weighted by Gasteiger charge is 2.32. The van der Waals surface area contributed by atoms with Crippen molar-refractivity contribution in [3.05, 3.63) is 93.2 Å². The third kappa shape index (κ3) is 5.71. The molecule has 1 aromatic heterocycles. The zero-order chi connectivity index (χ0) is 26.5. The van der Waals surface area contributed by atoms with E-state index in [1.807, 2.05) is 51.5 Å². The molecule has 1 saturated heterocycles. The van der Waals surface area contributed by atoms with E-state index in [0.717, 1.165) is 44.5 Å². The topological polar surface area (TPSA) is 43.9 Å². The van der Waals surface area contributed by atoms with E-state index < -0.39 is 0 Å². The second-order valence-corrected chi connectivity index (χ2v) is 11.5. The lowest BCUT2D eigenvalue weighted by atomic mass is 9.90. The fourth-order valence-corrected chi connectivity index (χ4v) is 7.01. The van der Waals surface area contributed by atoms with Crippen molar-refractivity contribution in [3.8, 4) is 0 Å². The van der Waals surface area contributed by atoms with Crippen LogP contribution in [0.15, 0.2) is 66.0 Å². The number of hydrogen-bond acceptors (Lipinski definition) is 4. The molecule has 2 aromatic carbocycles. The number of thiophene rings is 1.